The summed E-state index contributed by atoms with van der Waals surface area (Å²) in [5, 5.41) is 3.59. The lowest BCUT2D eigenvalue weighted by molar-refractivity contribution is -0.114. The van der Waals surface area contributed by atoms with Crippen LogP contribution in [0.1, 0.15) is 11.1 Å². The molecule has 36 heavy (non-hydrogen) atoms. The summed E-state index contributed by atoms with van der Waals surface area (Å²) < 4.78 is 28.2. The maximum Gasteiger partial charge on any atom is 0.264 e. The molecule has 5 nitrogen and oxygen atoms in total. The Kier molecular flexibility index (Phi) is 8.36. The normalized spacial score (nSPS) is 11.2. The molecule has 0 saturated heterocycles. The Labute approximate surface area is 221 Å². The van der Waals surface area contributed by atoms with E-state index in [9.17, 15) is 13.2 Å². The van der Waals surface area contributed by atoms with E-state index in [1.165, 1.54) is 12.1 Å². The number of nitrogens with one attached hydrogen (secondary N) is 1. The van der Waals surface area contributed by atoms with Crippen LogP contribution in [0.5, 0.6) is 0 Å². The molecule has 0 aliphatic heterocycles. The second-order valence-electron chi connectivity index (χ2n) is 8.12. The number of aryl methyl sites for hydroxylation is 1. The van der Waals surface area contributed by atoms with Crippen LogP contribution in [0.2, 0.25) is 5.02 Å². The second-order valence-corrected chi connectivity index (χ2v) is 11.4. The van der Waals surface area contributed by atoms with Crippen LogP contribution in [0.15, 0.2) is 113 Å². The van der Waals surface area contributed by atoms with E-state index in [4.69, 9.17) is 11.6 Å². The quantitative estimate of drug-likeness (QED) is 0.240. The van der Waals surface area contributed by atoms with Crippen molar-refractivity contribution in [3.05, 3.63) is 119 Å². The average Bonchev–Trinajstić information content (AvgIpc) is 2.88. The molecule has 0 unspecified atom stereocenters. The van der Waals surface area contributed by atoms with E-state index in [1.54, 1.807) is 48.2 Å². The number of sulfonamides is 1. The molecule has 0 aliphatic carbocycles. The fraction of sp³-hybridized carbons (Fsp3) is 0.107. The van der Waals surface area contributed by atoms with Crippen LogP contribution in [0, 0.1) is 6.92 Å². The van der Waals surface area contributed by atoms with E-state index >= 15 is 0 Å². The monoisotopic (exact) mass is 536 g/mol. The van der Waals surface area contributed by atoms with Crippen LogP contribution in [0.25, 0.3) is 0 Å². The summed E-state index contributed by atoms with van der Waals surface area (Å²) in [5.41, 5.74) is 3.05. The Hall–Kier alpha value is -3.26. The number of benzene rings is 4. The molecule has 1 N–H and O–H groups in total. The molecule has 4 aromatic rings. The minimum absolute atomic E-state index is 0.123. The van der Waals surface area contributed by atoms with Crippen molar-refractivity contribution in [1.82, 2.24) is 0 Å². The number of carbonyl (C=O) groups is 1. The number of hydrogen-bond acceptors (Lipinski definition) is 4. The van der Waals surface area contributed by atoms with Gasteiger partial charge < -0.3 is 5.32 Å². The lowest BCUT2D eigenvalue weighted by Crippen LogP contribution is -2.38. The average molecular weight is 537 g/mol. The molecule has 0 fully saturated rings. The Bertz CT molecular complexity index is 1440. The van der Waals surface area contributed by atoms with Crippen molar-refractivity contribution < 1.29 is 13.2 Å². The van der Waals surface area contributed by atoms with Crippen LogP contribution in [-0.4, -0.2) is 20.9 Å². The van der Waals surface area contributed by atoms with Gasteiger partial charge in [-0.15, -0.1) is 11.8 Å². The van der Waals surface area contributed by atoms with Crippen LogP contribution in [-0.2, 0) is 20.6 Å². The van der Waals surface area contributed by atoms with E-state index < -0.39 is 15.9 Å². The molecule has 1 amide bonds. The van der Waals surface area contributed by atoms with Gasteiger partial charge in [-0.2, -0.15) is 0 Å². The SMILES string of the molecule is Cc1cccc(N(CC(=O)Nc2ccccc2SCc2ccc(Cl)cc2)S(=O)(=O)c2ccccc2)c1. The van der Waals surface area contributed by atoms with E-state index in [0.717, 1.165) is 20.3 Å². The molecule has 0 atom stereocenters. The Morgan fingerprint density at radius 2 is 1.58 bits per heavy atom. The predicted octanol–water partition coefficient (Wildman–Crippen LogP) is 6.77. The minimum atomic E-state index is -3.96. The van der Waals surface area contributed by atoms with Crippen LogP contribution in [0.3, 0.4) is 0 Å². The first-order valence-corrected chi connectivity index (χ1v) is 14.0. The summed E-state index contributed by atoms with van der Waals surface area (Å²) in [5.74, 6) is 0.262. The number of rotatable bonds is 9. The first kappa shape index (κ1) is 25.8. The zero-order valence-corrected chi connectivity index (χ0v) is 22.0. The molecule has 0 aromatic heterocycles. The molecule has 4 aromatic carbocycles. The molecular weight excluding hydrogens is 512 g/mol. The number of para-hydroxylation sites is 1. The Morgan fingerprint density at radius 1 is 0.889 bits per heavy atom. The fourth-order valence-corrected chi connectivity index (χ4v) is 6.10. The van der Waals surface area contributed by atoms with Crippen molar-refractivity contribution in [3.8, 4) is 0 Å². The zero-order chi connectivity index (χ0) is 25.5. The number of amides is 1. The maximum atomic E-state index is 13.5. The molecule has 0 spiro atoms. The van der Waals surface area contributed by atoms with Gasteiger partial charge >= 0.3 is 0 Å². The largest absolute Gasteiger partial charge is 0.323 e. The molecule has 8 heteroatoms. The number of hydrogen-bond donors (Lipinski definition) is 1. The number of thioether (sulfide) groups is 1. The second kappa shape index (κ2) is 11.6. The highest BCUT2D eigenvalue weighted by molar-refractivity contribution is 7.98. The summed E-state index contributed by atoms with van der Waals surface area (Å²) in [6.45, 7) is 1.52. The first-order valence-electron chi connectivity index (χ1n) is 11.2. The van der Waals surface area contributed by atoms with Gasteiger partial charge in [0.15, 0.2) is 0 Å². The third-order valence-electron chi connectivity index (χ3n) is 5.38. The number of nitrogens with zero attached hydrogens (tertiary/aromatic N) is 1. The van der Waals surface area contributed by atoms with Crippen molar-refractivity contribution in [2.75, 3.05) is 16.2 Å². The van der Waals surface area contributed by atoms with Gasteiger partial charge in [-0.25, -0.2) is 8.42 Å². The highest BCUT2D eigenvalue weighted by Gasteiger charge is 2.27. The third kappa shape index (κ3) is 6.49. The summed E-state index contributed by atoms with van der Waals surface area (Å²) in [6.07, 6.45) is 0. The van der Waals surface area contributed by atoms with E-state index in [2.05, 4.69) is 5.32 Å². The molecule has 184 valence electrons. The van der Waals surface area contributed by atoms with Gasteiger partial charge in [-0.1, -0.05) is 66.2 Å². The van der Waals surface area contributed by atoms with Gasteiger partial charge in [0.05, 0.1) is 16.3 Å². The van der Waals surface area contributed by atoms with Crippen molar-refractivity contribution in [2.45, 2.75) is 22.5 Å². The van der Waals surface area contributed by atoms with Gasteiger partial charge in [-0.05, 0) is 66.6 Å². The highest BCUT2D eigenvalue weighted by Crippen LogP contribution is 2.31. The predicted molar refractivity (Wildman–Crippen MR) is 148 cm³/mol. The Balaban J connectivity index is 1.55. The van der Waals surface area contributed by atoms with E-state index in [0.29, 0.717) is 22.2 Å². The van der Waals surface area contributed by atoms with Gasteiger partial charge in [0.2, 0.25) is 5.91 Å². The molecular formula is C28H25ClN2O3S2. The first-order chi connectivity index (χ1) is 17.3. The molecule has 0 bridgehead atoms. The smallest absolute Gasteiger partial charge is 0.264 e. The molecule has 4 rings (SSSR count). The lowest BCUT2D eigenvalue weighted by Gasteiger charge is -2.24. The van der Waals surface area contributed by atoms with Crippen LogP contribution >= 0.6 is 23.4 Å². The highest BCUT2D eigenvalue weighted by atomic mass is 35.5. The molecule has 0 heterocycles. The zero-order valence-electron chi connectivity index (χ0n) is 19.6. The summed E-state index contributed by atoms with van der Waals surface area (Å²) >= 11 is 7.55. The molecule has 0 saturated carbocycles. The summed E-state index contributed by atoms with van der Waals surface area (Å²) in [4.78, 5) is 14.2. The Morgan fingerprint density at radius 3 is 2.31 bits per heavy atom. The third-order valence-corrected chi connectivity index (χ3v) is 8.56. The van der Waals surface area contributed by atoms with Gasteiger partial charge in [-0.3, -0.25) is 9.10 Å². The summed E-state index contributed by atoms with van der Waals surface area (Å²) in [7, 11) is -3.96. The van der Waals surface area contributed by atoms with E-state index in [-0.39, 0.29) is 11.4 Å². The van der Waals surface area contributed by atoms with Crippen molar-refractivity contribution in [2.24, 2.45) is 0 Å². The van der Waals surface area contributed by atoms with Gasteiger partial charge in [0, 0.05) is 15.7 Å². The lowest BCUT2D eigenvalue weighted by atomic mass is 10.2. The topological polar surface area (TPSA) is 66.5 Å². The molecule has 0 aliphatic rings. The maximum absolute atomic E-state index is 13.5. The fourth-order valence-electron chi connectivity index (χ4n) is 3.58. The van der Waals surface area contributed by atoms with Crippen LogP contribution in [0.4, 0.5) is 11.4 Å². The molecule has 0 radical (unpaired) electrons. The van der Waals surface area contributed by atoms with Crippen molar-refractivity contribution in [3.63, 3.8) is 0 Å². The van der Waals surface area contributed by atoms with Crippen molar-refractivity contribution >= 4 is 50.7 Å². The number of halogens is 1. The van der Waals surface area contributed by atoms with Crippen LogP contribution < -0.4 is 9.62 Å². The number of anilines is 2. The standard InChI is InChI=1S/C28H25ClN2O3S2/c1-21-8-7-9-24(18-21)31(36(33,34)25-10-3-2-4-11-25)19-28(32)30-26-12-5-6-13-27(26)35-20-22-14-16-23(29)17-15-22/h2-18H,19-20H2,1H3,(H,30,32). The van der Waals surface area contributed by atoms with E-state index in [1.807, 2.05) is 61.5 Å². The van der Waals surface area contributed by atoms with Gasteiger partial charge in [0.25, 0.3) is 10.0 Å². The van der Waals surface area contributed by atoms with Gasteiger partial charge in [0.1, 0.15) is 6.54 Å². The number of carbonyl (C=O) groups excluding carboxylic acids is 1. The van der Waals surface area contributed by atoms with Crippen molar-refractivity contribution in [1.29, 1.82) is 0 Å². The minimum Gasteiger partial charge on any atom is -0.323 e. The summed E-state index contributed by atoms with van der Waals surface area (Å²) in [6, 6.07) is 30.3.